The van der Waals surface area contributed by atoms with Crippen LogP contribution in [-0.2, 0) is 0 Å². The van der Waals surface area contributed by atoms with Gasteiger partial charge in [-0.1, -0.05) is 43.0 Å². The zero-order chi connectivity index (χ0) is 10.4. The van der Waals surface area contributed by atoms with Gasteiger partial charge in [0.25, 0.3) is 0 Å². The fourth-order valence-electron chi connectivity index (χ4n) is 1.36. The lowest BCUT2D eigenvalue weighted by atomic mass is 10.0. The lowest BCUT2D eigenvalue weighted by molar-refractivity contribution is 1.42. The van der Waals surface area contributed by atoms with E-state index in [2.05, 4.69) is 25.6 Å². The molecule has 0 aliphatic carbocycles. The van der Waals surface area contributed by atoms with E-state index in [0.717, 1.165) is 5.57 Å². The zero-order valence-corrected chi connectivity index (χ0v) is 8.40. The quantitative estimate of drug-likeness (QED) is 0.720. The summed E-state index contributed by atoms with van der Waals surface area (Å²) in [6, 6.07) is 8.20. The van der Waals surface area contributed by atoms with Crippen molar-refractivity contribution < 1.29 is 0 Å². The molecule has 0 spiro atoms. The van der Waals surface area contributed by atoms with Crippen LogP contribution in [0.4, 0.5) is 0 Å². The fraction of sp³-hybridized carbons (Fsp3) is 0.0769. The Morgan fingerprint density at radius 3 is 2.64 bits per heavy atom. The van der Waals surface area contributed by atoms with E-state index in [9.17, 15) is 0 Å². The number of benzene rings is 1. The maximum absolute atomic E-state index is 5.39. The lowest BCUT2D eigenvalue weighted by Crippen LogP contribution is -1.87. The van der Waals surface area contributed by atoms with Crippen molar-refractivity contribution in [3.8, 4) is 0 Å². The summed E-state index contributed by atoms with van der Waals surface area (Å²) in [7, 11) is 0. The van der Waals surface area contributed by atoms with E-state index in [-0.39, 0.29) is 0 Å². The first-order valence-corrected chi connectivity index (χ1v) is 4.56. The van der Waals surface area contributed by atoms with Crippen molar-refractivity contribution in [1.29, 1.82) is 0 Å². The average Bonchev–Trinajstić information content (AvgIpc) is 2.18. The number of allylic oxidation sites excluding steroid dienone is 4. The lowest BCUT2D eigenvalue weighted by Gasteiger charge is -2.05. The molecule has 0 aromatic heterocycles. The standard InChI is InChI=1S/C13H15N/c1-3-6-12(9-10-14)13-8-5-4-7-11(13)2/h3-10H,1,14H2,2H3/b10-9-,12-6+. The molecule has 72 valence electrons. The van der Waals surface area contributed by atoms with E-state index < -0.39 is 0 Å². The highest BCUT2D eigenvalue weighted by atomic mass is 14.5. The fourth-order valence-corrected chi connectivity index (χ4v) is 1.36. The molecule has 1 heteroatoms. The van der Waals surface area contributed by atoms with Crippen LogP contribution in [0.3, 0.4) is 0 Å². The van der Waals surface area contributed by atoms with Gasteiger partial charge in [-0.15, -0.1) is 0 Å². The second-order valence-electron chi connectivity index (χ2n) is 3.03. The van der Waals surface area contributed by atoms with Gasteiger partial charge in [0.1, 0.15) is 0 Å². The summed E-state index contributed by atoms with van der Waals surface area (Å²) < 4.78 is 0. The summed E-state index contributed by atoms with van der Waals surface area (Å²) in [6.07, 6.45) is 7.14. The van der Waals surface area contributed by atoms with Gasteiger partial charge in [0.15, 0.2) is 0 Å². The highest BCUT2D eigenvalue weighted by Gasteiger charge is 1.99. The number of hydrogen-bond acceptors (Lipinski definition) is 1. The van der Waals surface area contributed by atoms with Crippen LogP contribution in [0.25, 0.3) is 5.57 Å². The first-order chi connectivity index (χ1) is 6.79. The smallest absolute Gasteiger partial charge is 0.00561 e. The van der Waals surface area contributed by atoms with Gasteiger partial charge >= 0.3 is 0 Å². The van der Waals surface area contributed by atoms with Gasteiger partial charge in [0, 0.05) is 0 Å². The first-order valence-electron chi connectivity index (χ1n) is 4.56. The predicted molar refractivity (Wildman–Crippen MR) is 62.7 cm³/mol. The number of rotatable bonds is 3. The molecular formula is C13H15N. The molecule has 0 atom stereocenters. The molecular weight excluding hydrogens is 170 g/mol. The van der Waals surface area contributed by atoms with E-state index in [0.29, 0.717) is 0 Å². The monoisotopic (exact) mass is 185 g/mol. The van der Waals surface area contributed by atoms with Crippen molar-refractivity contribution >= 4 is 5.57 Å². The molecule has 0 aliphatic rings. The molecule has 1 nitrogen and oxygen atoms in total. The van der Waals surface area contributed by atoms with Gasteiger partial charge in [-0.05, 0) is 35.9 Å². The molecule has 0 radical (unpaired) electrons. The van der Waals surface area contributed by atoms with E-state index in [4.69, 9.17) is 5.73 Å². The van der Waals surface area contributed by atoms with Gasteiger partial charge in [-0.25, -0.2) is 0 Å². The van der Waals surface area contributed by atoms with Gasteiger partial charge < -0.3 is 5.73 Å². The van der Waals surface area contributed by atoms with Crippen LogP contribution in [0.1, 0.15) is 11.1 Å². The van der Waals surface area contributed by atoms with Crippen LogP contribution in [0.15, 0.2) is 55.3 Å². The van der Waals surface area contributed by atoms with Gasteiger partial charge in [-0.3, -0.25) is 0 Å². The van der Waals surface area contributed by atoms with Crippen LogP contribution in [0.5, 0.6) is 0 Å². The molecule has 0 unspecified atom stereocenters. The third-order valence-corrected chi connectivity index (χ3v) is 2.03. The summed E-state index contributed by atoms with van der Waals surface area (Å²) in [5.74, 6) is 0. The maximum Gasteiger partial charge on any atom is -0.00561 e. The molecule has 0 saturated carbocycles. The molecule has 0 amide bonds. The predicted octanol–water partition coefficient (Wildman–Crippen LogP) is 3.04. The zero-order valence-electron chi connectivity index (χ0n) is 8.40. The second-order valence-corrected chi connectivity index (χ2v) is 3.03. The Kier molecular flexibility index (Phi) is 3.74. The van der Waals surface area contributed by atoms with Crippen molar-refractivity contribution in [2.75, 3.05) is 0 Å². The maximum atomic E-state index is 5.39. The number of nitrogens with two attached hydrogens (primary N) is 1. The molecule has 0 heterocycles. The Morgan fingerprint density at radius 1 is 1.36 bits per heavy atom. The topological polar surface area (TPSA) is 26.0 Å². The van der Waals surface area contributed by atoms with Crippen LogP contribution in [-0.4, -0.2) is 0 Å². The minimum absolute atomic E-state index is 1.08. The summed E-state index contributed by atoms with van der Waals surface area (Å²) >= 11 is 0. The Balaban J connectivity index is 3.18. The third kappa shape index (κ3) is 2.36. The molecule has 14 heavy (non-hydrogen) atoms. The second kappa shape index (κ2) is 5.07. The Labute approximate surface area is 85.3 Å². The minimum atomic E-state index is 1.08. The van der Waals surface area contributed by atoms with Crippen molar-refractivity contribution in [3.05, 3.63) is 66.4 Å². The van der Waals surface area contributed by atoms with Crippen LogP contribution in [0, 0.1) is 6.92 Å². The van der Waals surface area contributed by atoms with Crippen molar-refractivity contribution in [1.82, 2.24) is 0 Å². The number of aryl methyl sites for hydroxylation is 1. The SMILES string of the molecule is C=C/C=C(\C=C/N)c1ccccc1C. The van der Waals surface area contributed by atoms with Crippen LogP contribution < -0.4 is 5.73 Å². The normalized spacial score (nSPS) is 11.9. The van der Waals surface area contributed by atoms with E-state index in [1.807, 2.05) is 24.3 Å². The van der Waals surface area contributed by atoms with Gasteiger partial charge in [-0.2, -0.15) is 0 Å². The largest absolute Gasteiger partial charge is 0.405 e. The molecule has 0 fully saturated rings. The van der Waals surface area contributed by atoms with E-state index in [1.54, 1.807) is 12.3 Å². The van der Waals surface area contributed by atoms with Gasteiger partial charge in [0.05, 0.1) is 0 Å². The highest BCUT2D eigenvalue weighted by molar-refractivity contribution is 5.76. The van der Waals surface area contributed by atoms with E-state index in [1.165, 1.54) is 11.1 Å². The first kappa shape index (κ1) is 10.3. The van der Waals surface area contributed by atoms with Crippen molar-refractivity contribution in [3.63, 3.8) is 0 Å². The molecule has 1 aromatic carbocycles. The molecule has 1 rings (SSSR count). The highest BCUT2D eigenvalue weighted by Crippen LogP contribution is 2.19. The molecule has 1 aromatic rings. The molecule has 2 N–H and O–H groups in total. The van der Waals surface area contributed by atoms with E-state index >= 15 is 0 Å². The van der Waals surface area contributed by atoms with Gasteiger partial charge in [0.2, 0.25) is 0 Å². The molecule has 0 bridgehead atoms. The summed E-state index contributed by atoms with van der Waals surface area (Å²) in [4.78, 5) is 0. The van der Waals surface area contributed by atoms with Crippen LogP contribution >= 0.6 is 0 Å². The minimum Gasteiger partial charge on any atom is -0.405 e. The molecule has 0 saturated heterocycles. The Morgan fingerprint density at radius 2 is 2.07 bits per heavy atom. The summed E-state index contributed by atoms with van der Waals surface area (Å²) in [5.41, 5.74) is 8.90. The molecule has 0 aliphatic heterocycles. The summed E-state index contributed by atoms with van der Waals surface area (Å²) in [5, 5.41) is 0. The average molecular weight is 185 g/mol. The van der Waals surface area contributed by atoms with Crippen molar-refractivity contribution in [2.45, 2.75) is 6.92 Å². The Bertz CT molecular complexity index is 373. The van der Waals surface area contributed by atoms with Crippen LogP contribution in [0.2, 0.25) is 0 Å². The summed E-state index contributed by atoms with van der Waals surface area (Å²) in [6.45, 7) is 5.77. The number of hydrogen-bond donors (Lipinski definition) is 1. The Hall–Kier alpha value is -1.76. The third-order valence-electron chi connectivity index (χ3n) is 2.03. The van der Waals surface area contributed by atoms with Crippen molar-refractivity contribution in [2.24, 2.45) is 5.73 Å².